The van der Waals surface area contributed by atoms with E-state index in [0.717, 1.165) is 10.2 Å². The Morgan fingerprint density at radius 2 is 2.14 bits per heavy atom. The number of carbonyl (C=O) groups excluding carboxylic acids is 2. The van der Waals surface area contributed by atoms with Gasteiger partial charge in [0.25, 0.3) is 11.8 Å². The molecule has 2 aromatic rings. The Morgan fingerprint density at radius 3 is 2.77 bits per heavy atom. The van der Waals surface area contributed by atoms with Crippen LogP contribution in [0.3, 0.4) is 0 Å². The molecule has 3 N–H and O–H groups in total. The number of nitrogens with one attached hydrogen (secondary N) is 3. The zero-order chi connectivity index (χ0) is 16.1. The van der Waals surface area contributed by atoms with Gasteiger partial charge in [-0.25, -0.2) is 0 Å². The molecule has 0 fully saturated rings. The van der Waals surface area contributed by atoms with Gasteiger partial charge in [0.1, 0.15) is 5.75 Å². The second-order valence-corrected chi connectivity index (χ2v) is 5.62. The van der Waals surface area contributed by atoms with Crippen LogP contribution in [0.4, 0.5) is 0 Å². The van der Waals surface area contributed by atoms with Crippen LogP contribution in [0.2, 0.25) is 5.02 Å². The summed E-state index contributed by atoms with van der Waals surface area (Å²) >= 11 is 9.22. The summed E-state index contributed by atoms with van der Waals surface area (Å²) in [7, 11) is 0. The second-order valence-electron chi connectivity index (χ2n) is 4.30. The van der Waals surface area contributed by atoms with Crippen LogP contribution < -0.4 is 15.6 Å². The van der Waals surface area contributed by atoms with Crippen LogP contribution in [-0.4, -0.2) is 28.6 Å². The maximum Gasteiger partial charge on any atom is 0.290 e. The van der Waals surface area contributed by atoms with Crippen LogP contribution in [0.25, 0.3) is 0 Å². The fraction of sp³-hybridized carbons (Fsp3) is 0.154. The van der Waals surface area contributed by atoms with Crippen molar-refractivity contribution in [2.24, 2.45) is 0 Å². The molecule has 0 atom stereocenters. The van der Waals surface area contributed by atoms with E-state index < -0.39 is 11.8 Å². The Balaban J connectivity index is 1.79. The van der Waals surface area contributed by atoms with E-state index in [-0.39, 0.29) is 12.3 Å². The molecule has 1 heterocycles. The minimum atomic E-state index is -0.528. The van der Waals surface area contributed by atoms with Gasteiger partial charge in [0.15, 0.2) is 12.3 Å². The molecule has 0 unspecified atom stereocenters. The van der Waals surface area contributed by atoms with Gasteiger partial charge in [-0.2, -0.15) is 5.10 Å². The number of carbonyl (C=O) groups is 2. The molecule has 9 heteroatoms. The maximum absolute atomic E-state index is 11.7. The largest absolute Gasteiger partial charge is 0.482 e. The van der Waals surface area contributed by atoms with E-state index in [1.54, 1.807) is 31.2 Å². The monoisotopic (exact) mass is 386 g/mol. The number of aromatic amines is 1. The van der Waals surface area contributed by atoms with E-state index in [0.29, 0.717) is 10.8 Å². The van der Waals surface area contributed by atoms with Crippen LogP contribution in [0, 0.1) is 6.92 Å². The lowest BCUT2D eigenvalue weighted by molar-refractivity contribution is -0.123. The van der Waals surface area contributed by atoms with Gasteiger partial charge in [0.2, 0.25) is 0 Å². The zero-order valence-electron chi connectivity index (χ0n) is 11.4. The SMILES string of the molecule is Cc1cc(C(=O)NNC(=O)COc2ccc(Br)cc2Cl)n[nH]1. The number of ether oxygens (including phenoxy) is 1. The molecule has 1 aromatic heterocycles. The lowest BCUT2D eigenvalue weighted by atomic mass is 10.3. The summed E-state index contributed by atoms with van der Waals surface area (Å²) in [6, 6.07) is 6.57. The van der Waals surface area contributed by atoms with Gasteiger partial charge in [0, 0.05) is 10.2 Å². The smallest absolute Gasteiger partial charge is 0.290 e. The highest BCUT2D eigenvalue weighted by atomic mass is 79.9. The fourth-order valence-corrected chi connectivity index (χ4v) is 2.22. The number of aromatic nitrogens is 2. The first kappa shape index (κ1) is 16.3. The molecule has 116 valence electrons. The number of nitrogens with zero attached hydrogens (tertiary/aromatic N) is 1. The average Bonchev–Trinajstić information content (AvgIpc) is 2.90. The molecule has 0 aliphatic rings. The number of hydrogen-bond acceptors (Lipinski definition) is 4. The maximum atomic E-state index is 11.7. The van der Waals surface area contributed by atoms with Crippen molar-refractivity contribution < 1.29 is 14.3 Å². The predicted molar refractivity (Wildman–Crippen MR) is 83.6 cm³/mol. The number of H-pyrrole nitrogens is 1. The van der Waals surface area contributed by atoms with Gasteiger partial charge in [-0.15, -0.1) is 0 Å². The van der Waals surface area contributed by atoms with Gasteiger partial charge < -0.3 is 4.74 Å². The number of hydrogen-bond donors (Lipinski definition) is 3. The van der Waals surface area contributed by atoms with E-state index in [1.165, 1.54) is 0 Å². The van der Waals surface area contributed by atoms with Gasteiger partial charge in [-0.3, -0.25) is 25.5 Å². The van der Waals surface area contributed by atoms with Crippen molar-refractivity contribution in [1.82, 2.24) is 21.0 Å². The first-order chi connectivity index (χ1) is 10.5. The number of hydrazine groups is 1. The quantitative estimate of drug-likeness (QED) is 0.699. The topological polar surface area (TPSA) is 96.1 Å². The minimum absolute atomic E-state index is 0.176. The summed E-state index contributed by atoms with van der Waals surface area (Å²) < 4.78 is 6.06. The first-order valence-electron chi connectivity index (χ1n) is 6.15. The number of amides is 2. The van der Waals surface area contributed by atoms with Crippen molar-refractivity contribution in [2.75, 3.05) is 6.61 Å². The third-order valence-corrected chi connectivity index (χ3v) is 3.30. The third kappa shape index (κ3) is 4.47. The molecule has 2 rings (SSSR count). The van der Waals surface area contributed by atoms with Crippen molar-refractivity contribution in [3.8, 4) is 5.75 Å². The molecular formula is C13H12BrClN4O3. The molecule has 7 nitrogen and oxygen atoms in total. The highest BCUT2D eigenvalue weighted by Gasteiger charge is 2.11. The molecule has 22 heavy (non-hydrogen) atoms. The Morgan fingerprint density at radius 1 is 1.36 bits per heavy atom. The molecule has 0 spiro atoms. The van der Waals surface area contributed by atoms with E-state index in [9.17, 15) is 9.59 Å². The minimum Gasteiger partial charge on any atom is -0.482 e. The number of aryl methyl sites for hydroxylation is 1. The molecule has 0 bridgehead atoms. The Labute approximate surface area is 139 Å². The van der Waals surface area contributed by atoms with Crippen molar-refractivity contribution in [2.45, 2.75) is 6.92 Å². The zero-order valence-corrected chi connectivity index (χ0v) is 13.8. The molecule has 0 saturated carbocycles. The summed E-state index contributed by atoms with van der Waals surface area (Å²) in [6.07, 6.45) is 0. The highest BCUT2D eigenvalue weighted by molar-refractivity contribution is 9.10. The summed E-state index contributed by atoms with van der Waals surface area (Å²) in [5.41, 5.74) is 5.37. The molecule has 0 saturated heterocycles. The van der Waals surface area contributed by atoms with Crippen LogP contribution >= 0.6 is 27.5 Å². The fourth-order valence-electron chi connectivity index (χ4n) is 1.50. The van der Waals surface area contributed by atoms with Crippen molar-refractivity contribution in [3.05, 3.63) is 45.1 Å². The van der Waals surface area contributed by atoms with Crippen LogP contribution in [0.15, 0.2) is 28.7 Å². The van der Waals surface area contributed by atoms with Crippen LogP contribution in [-0.2, 0) is 4.79 Å². The average molecular weight is 388 g/mol. The molecule has 0 aliphatic heterocycles. The normalized spacial score (nSPS) is 10.1. The summed E-state index contributed by atoms with van der Waals surface area (Å²) in [6.45, 7) is 1.47. The van der Waals surface area contributed by atoms with Gasteiger partial charge >= 0.3 is 0 Å². The molecular weight excluding hydrogens is 376 g/mol. The van der Waals surface area contributed by atoms with Gasteiger partial charge in [-0.05, 0) is 31.2 Å². The molecule has 2 amide bonds. The Bertz CT molecular complexity index is 704. The molecule has 1 aromatic carbocycles. The Hall–Kier alpha value is -2.06. The van der Waals surface area contributed by atoms with E-state index in [2.05, 4.69) is 37.0 Å². The lowest BCUT2D eigenvalue weighted by Crippen LogP contribution is -2.44. The van der Waals surface area contributed by atoms with Crippen molar-refractivity contribution in [3.63, 3.8) is 0 Å². The summed E-state index contributed by atoms with van der Waals surface area (Å²) in [5, 5.41) is 6.77. The van der Waals surface area contributed by atoms with Gasteiger partial charge in [0.05, 0.1) is 5.02 Å². The highest BCUT2D eigenvalue weighted by Crippen LogP contribution is 2.27. The summed E-state index contributed by atoms with van der Waals surface area (Å²) in [5.74, 6) is -0.687. The standard InChI is InChI=1S/C13H12BrClN4O3/c1-7-4-10(17-16-7)13(21)19-18-12(20)6-22-11-3-2-8(14)5-9(11)15/h2-5H,6H2,1H3,(H,16,17)(H,18,20)(H,19,21). The van der Waals surface area contributed by atoms with E-state index in [1.807, 2.05) is 0 Å². The summed E-state index contributed by atoms with van der Waals surface area (Å²) in [4.78, 5) is 23.3. The van der Waals surface area contributed by atoms with Crippen molar-refractivity contribution in [1.29, 1.82) is 0 Å². The lowest BCUT2D eigenvalue weighted by Gasteiger charge is -2.09. The molecule has 0 radical (unpaired) electrons. The van der Waals surface area contributed by atoms with E-state index >= 15 is 0 Å². The number of benzene rings is 1. The Kier molecular flexibility index (Phi) is 5.40. The van der Waals surface area contributed by atoms with E-state index in [4.69, 9.17) is 16.3 Å². The van der Waals surface area contributed by atoms with Crippen LogP contribution in [0.1, 0.15) is 16.2 Å². The van der Waals surface area contributed by atoms with Crippen molar-refractivity contribution >= 4 is 39.3 Å². The van der Waals surface area contributed by atoms with Crippen LogP contribution in [0.5, 0.6) is 5.75 Å². The predicted octanol–water partition coefficient (Wildman–Crippen LogP) is 1.97. The number of rotatable bonds is 4. The third-order valence-electron chi connectivity index (χ3n) is 2.51. The van der Waals surface area contributed by atoms with Gasteiger partial charge in [-0.1, -0.05) is 27.5 Å². The molecule has 0 aliphatic carbocycles. The number of halogens is 2. The first-order valence-corrected chi connectivity index (χ1v) is 7.32. The second kappa shape index (κ2) is 7.28.